The van der Waals surface area contributed by atoms with Gasteiger partial charge in [-0.3, -0.25) is 0 Å². The van der Waals surface area contributed by atoms with Gasteiger partial charge in [-0.2, -0.15) is 0 Å². The van der Waals surface area contributed by atoms with Gasteiger partial charge in [0.2, 0.25) is 0 Å². The molecule has 0 spiro atoms. The number of fused-ring (bicyclic) bond motifs is 5. The molecule has 0 aromatic rings. The molecule has 0 radical (unpaired) electrons. The minimum Gasteiger partial charge on any atom is -0.393 e. The van der Waals surface area contributed by atoms with Gasteiger partial charge in [0, 0.05) is 0 Å². The molecule has 12 atom stereocenters. The van der Waals surface area contributed by atoms with Crippen molar-refractivity contribution in [2.75, 3.05) is 0 Å². The predicted molar refractivity (Wildman–Crippen MR) is 131 cm³/mol. The van der Waals surface area contributed by atoms with Crippen LogP contribution in [0.4, 0.5) is 0 Å². The molecule has 0 bridgehead atoms. The molecule has 1 nitrogen and oxygen atoms in total. The van der Waals surface area contributed by atoms with Crippen molar-refractivity contribution in [2.45, 2.75) is 112 Å². The second-order valence-corrected chi connectivity index (χ2v) is 13.6. The molecule has 12 unspecified atom stereocenters. The van der Waals surface area contributed by atoms with Crippen LogP contribution in [0.5, 0.6) is 0 Å². The summed E-state index contributed by atoms with van der Waals surface area (Å²) in [6, 6.07) is 0. The van der Waals surface area contributed by atoms with Crippen molar-refractivity contribution in [3.8, 4) is 0 Å². The summed E-state index contributed by atoms with van der Waals surface area (Å²) in [6.07, 6.45) is 15.8. The van der Waals surface area contributed by atoms with Crippen LogP contribution in [0.15, 0.2) is 11.6 Å². The van der Waals surface area contributed by atoms with Crippen LogP contribution in [0.1, 0.15) is 106 Å². The first-order valence-corrected chi connectivity index (χ1v) is 14.1. The lowest BCUT2D eigenvalue weighted by atomic mass is 9.47. The van der Waals surface area contributed by atoms with Gasteiger partial charge in [-0.1, -0.05) is 59.6 Å². The fraction of sp³-hybridized carbons (Fsp3) is 0.933. The maximum Gasteiger partial charge on any atom is 0.0577 e. The van der Waals surface area contributed by atoms with Crippen molar-refractivity contribution < 1.29 is 5.11 Å². The highest BCUT2D eigenvalue weighted by molar-refractivity contribution is 5.25. The van der Waals surface area contributed by atoms with E-state index in [1.54, 1.807) is 5.57 Å². The Morgan fingerprint density at radius 3 is 2.52 bits per heavy atom. The third-order valence-electron chi connectivity index (χ3n) is 12.6. The Morgan fingerprint density at radius 2 is 1.77 bits per heavy atom. The standard InChI is InChI=1S/C30H50O/c1-7-18(2)19(3)24-17-25(24)20(4)26-10-11-27-23-9-8-21-16-22(31)12-14-29(21,5)28(23)13-15-30(26,27)6/h8,18-20,22-28,31H,7,9-17H2,1-6H3. The van der Waals surface area contributed by atoms with Gasteiger partial charge in [0.15, 0.2) is 0 Å². The molecule has 5 aliphatic carbocycles. The van der Waals surface area contributed by atoms with E-state index in [-0.39, 0.29) is 6.10 Å². The Morgan fingerprint density at radius 1 is 1.00 bits per heavy atom. The van der Waals surface area contributed by atoms with Crippen LogP contribution in [0, 0.1) is 64.1 Å². The molecule has 0 aromatic heterocycles. The minimum absolute atomic E-state index is 0.0780. The second-order valence-electron chi connectivity index (χ2n) is 13.6. The van der Waals surface area contributed by atoms with Crippen LogP contribution in [-0.2, 0) is 0 Å². The summed E-state index contributed by atoms with van der Waals surface area (Å²) < 4.78 is 0. The zero-order chi connectivity index (χ0) is 22.1. The predicted octanol–water partition coefficient (Wildman–Crippen LogP) is 7.88. The van der Waals surface area contributed by atoms with Gasteiger partial charge in [0.05, 0.1) is 6.10 Å². The zero-order valence-corrected chi connectivity index (χ0v) is 21.4. The number of aliphatic hydroxyl groups is 1. The number of allylic oxidation sites excluding steroid dienone is 1. The maximum atomic E-state index is 10.3. The molecule has 4 fully saturated rings. The van der Waals surface area contributed by atoms with E-state index >= 15 is 0 Å². The average Bonchev–Trinajstić information content (AvgIpc) is 3.47. The summed E-state index contributed by atoms with van der Waals surface area (Å²) in [5.41, 5.74) is 2.60. The minimum atomic E-state index is -0.0780. The lowest BCUT2D eigenvalue weighted by Crippen LogP contribution is -2.51. The Labute approximate surface area is 192 Å². The summed E-state index contributed by atoms with van der Waals surface area (Å²) in [4.78, 5) is 0. The van der Waals surface area contributed by atoms with E-state index < -0.39 is 0 Å². The van der Waals surface area contributed by atoms with Gasteiger partial charge >= 0.3 is 0 Å². The molecule has 5 aliphatic rings. The van der Waals surface area contributed by atoms with E-state index in [0.717, 1.165) is 66.1 Å². The number of rotatable bonds is 5. The van der Waals surface area contributed by atoms with Crippen LogP contribution in [0.2, 0.25) is 0 Å². The largest absolute Gasteiger partial charge is 0.393 e. The van der Waals surface area contributed by atoms with E-state index in [9.17, 15) is 5.11 Å². The van der Waals surface area contributed by atoms with E-state index in [1.165, 1.54) is 51.4 Å². The third-order valence-corrected chi connectivity index (χ3v) is 12.6. The topological polar surface area (TPSA) is 20.2 Å². The summed E-state index contributed by atoms with van der Waals surface area (Å²) in [5, 5.41) is 10.3. The molecule has 0 aliphatic heterocycles. The van der Waals surface area contributed by atoms with Crippen LogP contribution >= 0.6 is 0 Å². The summed E-state index contributed by atoms with van der Waals surface area (Å²) in [7, 11) is 0. The molecular formula is C30H50O. The molecule has 31 heavy (non-hydrogen) atoms. The van der Waals surface area contributed by atoms with Gasteiger partial charge in [-0.25, -0.2) is 0 Å². The molecule has 0 saturated heterocycles. The Hall–Kier alpha value is -0.300. The first-order chi connectivity index (χ1) is 14.7. The van der Waals surface area contributed by atoms with Crippen molar-refractivity contribution in [3.63, 3.8) is 0 Å². The van der Waals surface area contributed by atoms with Crippen molar-refractivity contribution in [3.05, 3.63) is 11.6 Å². The van der Waals surface area contributed by atoms with Crippen LogP contribution in [-0.4, -0.2) is 11.2 Å². The lowest BCUT2D eigenvalue weighted by molar-refractivity contribution is -0.0586. The van der Waals surface area contributed by atoms with Gasteiger partial charge in [0.1, 0.15) is 0 Å². The highest BCUT2D eigenvalue weighted by Gasteiger charge is 2.61. The number of hydrogen-bond acceptors (Lipinski definition) is 1. The van der Waals surface area contributed by atoms with Crippen molar-refractivity contribution in [1.29, 1.82) is 0 Å². The SMILES string of the molecule is CCC(C)C(C)C1CC1C(C)C1CCC2C3CC=C4CC(O)CCC4(C)C3CCC12C. The fourth-order valence-corrected chi connectivity index (χ4v) is 10.1. The van der Waals surface area contributed by atoms with Crippen molar-refractivity contribution in [2.24, 2.45) is 64.1 Å². The van der Waals surface area contributed by atoms with E-state index in [1.807, 2.05) is 0 Å². The molecule has 0 amide bonds. The molecule has 1 N–H and O–H groups in total. The fourth-order valence-electron chi connectivity index (χ4n) is 10.1. The lowest BCUT2D eigenvalue weighted by Gasteiger charge is -2.58. The van der Waals surface area contributed by atoms with Gasteiger partial charge < -0.3 is 5.11 Å². The van der Waals surface area contributed by atoms with Crippen molar-refractivity contribution in [1.82, 2.24) is 0 Å². The first kappa shape index (κ1) is 22.5. The molecule has 4 saturated carbocycles. The average molecular weight is 427 g/mol. The third kappa shape index (κ3) is 3.41. The van der Waals surface area contributed by atoms with Crippen molar-refractivity contribution >= 4 is 0 Å². The van der Waals surface area contributed by atoms with Gasteiger partial charge in [-0.05, 0) is 122 Å². The molecule has 5 rings (SSSR count). The highest BCUT2D eigenvalue weighted by atomic mass is 16.3. The first-order valence-electron chi connectivity index (χ1n) is 14.1. The zero-order valence-electron chi connectivity index (χ0n) is 21.4. The quantitative estimate of drug-likeness (QED) is 0.443. The van der Waals surface area contributed by atoms with Gasteiger partial charge in [0.25, 0.3) is 0 Å². The molecule has 0 heterocycles. The summed E-state index contributed by atoms with van der Waals surface area (Å²) >= 11 is 0. The Bertz CT molecular complexity index is 709. The highest BCUT2D eigenvalue weighted by Crippen LogP contribution is 2.69. The normalized spacial score (nSPS) is 51.7. The molecule has 0 aromatic carbocycles. The second kappa shape index (κ2) is 7.89. The smallest absolute Gasteiger partial charge is 0.0577 e. The van der Waals surface area contributed by atoms with Crippen LogP contribution in [0.3, 0.4) is 0 Å². The molecule has 176 valence electrons. The summed E-state index contributed by atoms with van der Waals surface area (Å²) in [5.74, 6) is 8.46. The van der Waals surface area contributed by atoms with E-state index in [4.69, 9.17) is 0 Å². The Balaban J connectivity index is 1.32. The maximum absolute atomic E-state index is 10.3. The number of aliphatic hydroxyl groups excluding tert-OH is 1. The number of hydrogen-bond donors (Lipinski definition) is 1. The summed E-state index contributed by atoms with van der Waals surface area (Å²) in [6.45, 7) is 15.4. The van der Waals surface area contributed by atoms with Gasteiger partial charge in [-0.15, -0.1) is 0 Å². The molecule has 1 heteroatoms. The Kier molecular flexibility index (Phi) is 5.72. The van der Waals surface area contributed by atoms with E-state index in [2.05, 4.69) is 47.6 Å². The van der Waals surface area contributed by atoms with Crippen LogP contribution in [0.25, 0.3) is 0 Å². The molecular weight excluding hydrogens is 376 g/mol. The van der Waals surface area contributed by atoms with Crippen LogP contribution < -0.4 is 0 Å². The van der Waals surface area contributed by atoms with E-state index in [0.29, 0.717) is 10.8 Å². The monoisotopic (exact) mass is 426 g/mol.